The van der Waals surface area contributed by atoms with Crippen LogP contribution in [0.3, 0.4) is 0 Å². The lowest BCUT2D eigenvalue weighted by molar-refractivity contribution is 0.258. The van der Waals surface area contributed by atoms with Crippen molar-refractivity contribution in [3.8, 4) is 0 Å². The zero-order valence-corrected chi connectivity index (χ0v) is 10.2. The van der Waals surface area contributed by atoms with Crippen LogP contribution >= 0.6 is 15.9 Å². The Balaban J connectivity index is 1.77. The summed E-state index contributed by atoms with van der Waals surface area (Å²) >= 11 is 3.33. The molecule has 4 atom stereocenters. The van der Waals surface area contributed by atoms with Gasteiger partial charge in [-0.05, 0) is 65.1 Å². The van der Waals surface area contributed by atoms with E-state index in [-0.39, 0.29) is 6.04 Å². The molecule has 1 aromatic heterocycles. The van der Waals surface area contributed by atoms with Crippen LogP contribution in [0.5, 0.6) is 0 Å². The van der Waals surface area contributed by atoms with E-state index in [9.17, 15) is 0 Å². The second-order valence-electron chi connectivity index (χ2n) is 5.01. The molecule has 3 rings (SSSR count). The van der Waals surface area contributed by atoms with Crippen molar-refractivity contribution >= 4 is 15.9 Å². The van der Waals surface area contributed by atoms with Gasteiger partial charge in [-0.2, -0.15) is 0 Å². The highest BCUT2D eigenvalue weighted by molar-refractivity contribution is 9.10. The number of fused-ring (bicyclic) bond motifs is 2. The first kappa shape index (κ1) is 9.91. The first-order chi connectivity index (χ1) is 7.24. The van der Waals surface area contributed by atoms with Crippen LogP contribution in [0.15, 0.2) is 21.2 Å². The van der Waals surface area contributed by atoms with Gasteiger partial charge in [0.05, 0.1) is 6.04 Å². The smallest absolute Gasteiger partial charge is 0.169 e. The first-order valence-electron chi connectivity index (χ1n) is 5.75. The van der Waals surface area contributed by atoms with Crippen molar-refractivity contribution in [3.63, 3.8) is 0 Å². The van der Waals surface area contributed by atoms with Crippen molar-refractivity contribution in [1.29, 1.82) is 0 Å². The van der Waals surface area contributed by atoms with Crippen molar-refractivity contribution in [1.82, 2.24) is 0 Å². The van der Waals surface area contributed by atoms with E-state index >= 15 is 0 Å². The minimum atomic E-state index is 0.103. The van der Waals surface area contributed by atoms with E-state index in [1.165, 1.54) is 25.7 Å². The van der Waals surface area contributed by atoms with Gasteiger partial charge >= 0.3 is 0 Å². The minimum absolute atomic E-state index is 0.103. The molecule has 2 aliphatic carbocycles. The van der Waals surface area contributed by atoms with E-state index in [2.05, 4.69) is 15.9 Å². The molecule has 0 saturated heterocycles. The van der Waals surface area contributed by atoms with E-state index in [0.717, 1.165) is 22.3 Å². The maximum atomic E-state index is 6.29. The van der Waals surface area contributed by atoms with E-state index in [1.807, 2.05) is 12.1 Å². The number of hydrogen-bond acceptors (Lipinski definition) is 2. The summed E-state index contributed by atoms with van der Waals surface area (Å²) in [6.07, 6.45) is 5.52. The predicted octanol–water partition coefficient (Wildman–Crippen LogP) is 3.48. The molecule has 2 N–H and O–H groups in total. The summed E-state index contributed by atoms with van der Waals surface area (Å²) in [7, 11) is 0. The highest BCUT2D eigenvalue weighted by Crippen LogP contribution is 2.52. The predicted molar refractivity (Wildman–Crippen MR) is 62.3 cm³/mol. The van der Waals surface area contributed by atoms with Gasteiger partial charge < -0.3 is 10.2 Å². The van der Waals surface area contributed by atoms with Crippen LogP contribution in [0.25, 0.3) is 0 Å². The number of halogens is 1. The second-order valence-corrected chi connectivity index (χ2v) is 5.79. The van der Waals surface area contributed by atoms with Gasteiger partial charge in [-0.15, -0.1) is 0 Å². The van der Waals surface area contributed by atoms with Gasteiger partial charge in [-0.25, -0.2) is 0 Å². The van der Waals surface area contributed by atoms with Crippen LogP contribution in [0, 0.1) is 17.8 Å². The maximum absolute atomic E-state index is 6.29. The van der Waals surface area contributed by atoms with E-state index in [4.69, 9.17) is 10.2 Å². The van der Waals surface area contributed by atoms with E-state index < -0.39 is 0 Å². The van der Waals surface area contributed by atoms with E-state index in [0.29, 0.717) is 5.92 Å². The SMILES string of the molecule is NC(c1ccc(Br)o1)C1CC2CCC1C2. The van der Waals surface area contributed by atoms with Gasteiger partial charge in [0.25, 0.3) is 0 Å². The topological polar surface area (TPSA) is 39.2 Å². The molecule has 0 aromatic carbocycles. The fraction of sp³-hybridized carbons (Fsp3) is 0.667. The second kappa shape index (κ2) is 3.63. The lowest BCUT2D eigenvalue weighted by atomic mass is 9.83. The van der Waals surface area contributed by atoms with Gasteiger partial charge in [-0.1, -0.05) is 6.42 Å². The first-order valence-corrected chi connectivity index (χ1v) is 6.54. The summed E-state index contributed by atoms with van der Waals surface area (Å²) in [5, 5.41) is 0. The maximum Gasteiger partial charge on any atom is 0.169 e. The van der Waals surface area contributed by atoms with Crippen LogP contribution in [0.2, 0.25) is 0 Å². The molecular formula is C12H16BrNO. The number of hydrogen-bond donors (Lipinski definition) is 1. The Morgan fingerprint density at radius 1 is 1.33 bits per heavy atom. The fourth-order valence-electron chi connectivity index (χ4n) is 3.45. The molecule has 2 fully saturated rings. The Hall–Kier alpha value is -0.280. The summed E-state index contributed by atoms with van der Waals surface area (Å²) in [4.78, 5) is 0. The summed E-state index contributed by atoms with van der Waals surface area (Å²) in [6.45, 7) is 0. The van der Waals surface area contributed by atoms with Gasteiger partial charge in [0, 0.05) is 0 Å². The van der Waals surface area contributed by atoms with Crippen molar-refractivity contribution in [2.24, 2.45) is 23.5 Å². The average Bonchev–Trinajstić information content (AvgIpc) is 2.90. The van der Waals surface area contributed by atoms with Crippen molar-refractivity contribution < 1.29 is 4.42 Å². The van der Waals surface area contributed by atoms with E-state index in [1.54, 1.807) is 0 Å². The highest BCUT2D eigenvalue weighted by Gasteiger charge is 2.43. The summed E-state index contributed by atoms with van der Waals surface area (Å²) in [5.41, 5.74) is 6.29. The zero-order valence-electron chi connectivity index (χ0n) is 8.66. The lowest BCUT2D eigenvalue weighted by Crippen LogP contribution is -2.25. The van der Waals surface area contributed by atoms with Gasteiger partial charge in [0.15, 0.2) is 4.67 Å². The van der Waals surface area contributed by atoms with Crippen LogP contribution in [-0.4, -0.2) is 0 Å². The Morgan fingerprint density at radius 3 is 2.73 bits per heavy atom. The monoisotopic (exact) mass is 269 g/mol. The van der Waals surface area contributed by atoms with Crippen molar-refractivity contribution in [2.75, 3.05) is 0 Å². The molecule has 4 unspecified atom stereocenters. The third-order valence-electron chi connectivity index (χ3n) is 4.18. The average molecular weight is 270 g/mol. The van der Waals surface area contributed by atoms with Gasteiger partial charge in [-0.3, -0.25) is 0 Å². The molecule has 0 spiro atoms. The third kappa shape index (κ3) is 1.66. The van der Waals surface area contributed by atoms with Crippen LogP contribution in [0.4, 0.5) is 0 Å². The molecule has 2 aliphatic rings. The molecule has 0 amide bonds. The van der Waals surface area contributed by atoms with Crippen LogP contribution < -0.4 is 5.73 Å². The van der Waals surface area contributed by atoms with Crippen molar-refractivity contribution in [3.05, 3.63) is 22.6 Å². The molecule has 2 nitrogen and oxygen atoms in total. The Bertz CT molecular complexity index is 362. The molecule has 2 saturated carbocycles. The molecular weight excluding hydrogens is 254 g/mol. The number of nitrogens with two attached hydrogens (primary N) is 1. The Morgan fingerprint density at radius 2 is 2.20 bits per heavy atom. The molecule has 0 radical (unpaired) electrons. The zero-order chi connectivity index (χ0) is 10.4. The molecule has 15 heavy (non-hydrogen) atoms. The molecule has 0 aliphatic heterocycles. The number of rotatable bonds is 2. The molecule has 3 heteroatoms. The third-order valence-corrected chi connectivity index (χ3v) is 4.60. The van der Waals surface area contributed by atoms with Gasteiger partial charge in [0.1, 0.15) is 5.76 Å². The number of furan rings is 1. The van der Waals surface area contributed by atoms with Crippen LogP contribution in [0.1, 0.15) is 37.5 Å². The normalized spacial score (nSPS) is 36.0. The fourth-order valence-corrected chi connectivity index (χ4v) is 3.77. The van der Waals surface area contributed by atoms with Crippen molar-refractivity contribution in [2.45, 2.75) is 31.7 Å². The largest absolute Gasteiger partial charge is 0.453 e. The lowest BCUT2D eigenvalue weighted by Gasteiger charge is -2.26. The summed E-state index contributed by atoms with van der Waals surface area (Å²) in [6, 6.07) is 4.04. The quantitative estimate of drug-likeness (QED) is 0.893. The molecule has 1 aromatic rings. The standard InChI is InChI=1S/C12H16BrNO/c13-11-4-3-10(15-11)12(14)9-6-7-1-2-8(9)5-7/h3-4,7-9,12H,1-2,5-6,14H2. The van der Waals surface area contributed by atoms with Gasteiger partial charge in [0.2, 0.25) is 0 Å². The van der Waals surface area contributed by atoms with Crippen LogP contribution in [-0.2, 0) is 0 Å². The molecule has 82 valence electrons. The Kier molecular flexibility index (Phi) is 2.40. The molecule has 2 bridgehead atoms. The summed E-state index contributed by atoms with van der Waals surface area (Å²) < 4.78 is 6.35. The minimum Gasteiger partial charge on any atom is -0.453 e. The Labute approximate surface area is 98.3 Å². The molecule has 1 heterocycles. The highest BCUT2D eigenvalue weighted by atomic mass is 79.9. The summed E-state index contributed by atoms with van der Waals surface area (Å²) in [5.74, 6) is 3.40.